The Morgan fingerprint density at radius 1 is 0.906 bits per heavy atom. The molecule has 1 N–H and O–H groups in total. The molecule has 0 saturated carbocycles. The Kier molecular flexibility index (Phi) is 6.73. The molecule has 166 valence electrons. The summed E-state index contributed by atoms with van der Waals surface area (Å²) >= 11 is 0. The lowest BCUT2D eigenvalue weighted by atomic mass is 9.90. The normalized spacial score (nSPS) is 23.0. The van der Waals surface area contributed by atoms with Crippen LogP contribution in [0.3, 0.4) is 0 Å². The third kappa shape index (κ3) is 3.85. The van der Waals surface area contributed by atoms with Crippen molar-refractivity contribution in [3.05, 3.63) is 108 Å². The van der Waals surface area contributed by atoms with Gasteiger partial charge in [-0.05, 0) is 30.0 Å². The second-order valence-corrected chi connectivity index (χ2v) is 8.29. The number of hydrogen-bond donors (Lipinski definition) is 1. The molecule has 2 unspecified atom stereocenters. The maximum atomic E-state index is 13.6. The van der Waals surface area contributed by atoms with Gasteiger partial charge in [-0.1, -0.05) is 104 Å². The predicted molar refractivity (Wildman–Crippen MR) is 126 cm³/mol. The van der Waals surface area contributed by atoms with Crippen LogP contribution in [-0.4, -0.2) is 34.2 Å². The zero-order valence-electron chi connectivity index (χ0n) is 18.7. The minimum Gasteiger partial charge on any atom is -0.464 e. The number of ether oxygens (including phenoxy) is 1. The van der Waals surface area contributed by atoms with Crippen molar-refractivity contribution in [2.45, 2.75) is 50.4 Å². The van der Waals surface area contributed by atoms with Crippen molar-refractivity contribution in [2.24, 2.45) is 0 Å². The van der Waals surface area contributed by atoms with Crippen LogP contribution in [0, 0.1) is 0 Å². The molecule has 4 nitrogen and oxygen atoms in total. The van der Waals surface area contributed by atoms with Crippen molar-refractivity contribution < 1.29 is 14.6 Å². The Morgan fingerprint density at radius 3 is 1.88 bits per heavy atom. The Morgan fingerprint density at radius 2 is 1.41 bits per heavy atom. The molecule has 3 aromatic rings. The van der Waals surface area contributed by atoms with Crippen LogP contribution in [0.4, 0.5) is 0 Å². The van der Waals surface area contributed by atoms with Gasteiger partial charge in [-0.25, -0.2) is 4.79 Å². The molecule has 4 rings (SSSR count). The molecule has 3 aromatic carbocycles. The van der Waals surface area contributed by atoms with Crippen LogP contribution in [0.5, 0.6) is 0 Å². The maximum absolute atomic E-state index is 13.6. The molecule has 1 heterocycles. The number of carbonyl (C=O) groups is 1. The van der Waals surface area contributed by atoms with Gasteiger partial charge in [-0.3, -0.25) is 4.90 Å². The predicted octanol–water partition coefficient (Wildman–Crippen LogP) is 5.30. The van der Waals surface area contributed by atoms with E-state index in [0.29, 0.717) is 6.42 Å². The highest BCUT2D eigenvalue weighted by atomic mass is 16.5. The molecule has 0 radical (unpaired) electrons. The SMILES string of the molecule is CCCC(O)[C@]1(C(=O)OCC)[C@@H](c2ccccc2)N1C(c1ccccc1)c1ccccc1. The lowest BCUT2D eigenvalue weighted by molar-refractivity contribution is -0.152. The highest BCUT2D eigenvalue weighted by Crippen LogP contribution is 2.62. The van der Waals surface area contributed by atoms with Gasteiger partial charge in [0.15, 0.2) is 5.54 Å². The summed E-state index contributed by atoms with van der Waals surface area (Å²) in [6, 6.07) is 29.9. The number of aliphatic hydroxyl groups is 1. The topological polar surface area (TPSA) is 49.5 Å². The number of hydrogen-bond acceptors (Lipinski definition) is 4. The van der Waals surface area contributed by atoms with Crippen LogP contribution in [0.25, 0.3) is 0 Å². The van der Waals surface area contributed by atoms with Crippen molar-refractivity contribution in [3.8, 4) is 0 Å². The maximum Gasteiger partial charge on any atom is 0.331 e. The van der Waals surface area contributed by atoms with Gasteiger partial charge < -0.3 is 9.84 Å². The van der Waals surface area contributed by atoms with E-state index in [1.165, 1.54) is 0 Å². The second kappa shape index (κ2) is 9.68. The fourth-order valence-corrected chi connectivity index (χ4v) is 4.97. The summed E-state index contributed by atoms with van der Waals surface area (Å²) in [7, 11) is 0. The zero-order valence-corrected chi connectivity index (χ0v) is 18.7. The van der Waals surface area contributed by atoms with Crippen LogP contribution in [-0.2, 0) is 9.53 Å². The Balaban J connectivity index is 1.91. The summed E-state index contributed by atoms with van der Waals surface area (Å²) in [5.74, 6) is -0.355. The van der Waals surface area contributed by atoms with E-state index in [1.807, 2.05) is 80.6 Å². The van der Waals surface area contributed by atoms with E-state index in [2.05, 4.69) is 29.2 Å². The molecule has 0 aromatic heterocycles. The lowest BCUT2D eigenvalue weighted by Crippen LogP contribution is -2.44. The number of aliphatic hydroxyl groups excluding tert-OH is 1. The molecular weight excluding hydrogens is 398 g/mol. The second-order valence-electron chi connectivity index (χ2n) is 8.29. The fraction of sp³-hybridized carbons (Fsp3) is 0.321. The summed E-state index contributed by atoms with van der Waals surface area (Å²) in [4.78, 5) is 15.7. The average Bonchev–Trinajstić information content (AvgIpc) is 3.52. The van der Waals surface area contributed by atoms with Crippen LogP contribution in [0.1, 0.15) is 55.5 Å². The zero-order chi connectivity index (χ0) is 22.6. The van der Waals surface area contributed by atoms with E-state index in [9.17, 15) is 9.90 Å². The first-order chi connectivity index (χ1) is 15.7. The molecule has 4 heteroatoms. The van der Waals surface area contributed by atoms with Gasteiger partial charge in [-0.2, -0.15) is 0 Å². The summed E-state index contributed by atoms with van der Waals surface area (Å²) < 4.78 is 5.60. The van der Waals surface area contributed by atoms with Gasteiger partial charge in [0.2, 0.25) is 0 Å². The molecular formula is C28H31NO3. The minimum absolute atomic E-state index is 0.196. The minimum atomic E-state index is -1.14. The number of benzene rings is 3. The first-order valence-electron chi connectivity index (χ1n) is 11.4. The Hall–Kier alpha value is -2.95. The van der Waals surface area contributed by atoms with E-state index < -0.39 is 11.6 Å². The first-order valence-corrected chi connectivity index (χ1v) is 11.4. The Labute approximate surface area is 190 Å². The number of nitrogens with zero attached hydrogens (tertiary/aromatic N) is 1. The molecule has 0 amide bonds. The summed E-state index contributed by atoms with van der Waals surface area (Å²) in [5.41, 5.74) is 2.03. The van der Waals surface area contributed by atoms with Gasteiger partial charge in [0.05, 0.1) is 24.8 Å². The van der Waals surface area contributed by atoms with Crippen LogP contribution >= 0.6 is 0 Å². The largest absolute Gasteiger partial charge is 0.464 e. The van der Waals surface area contributed by atoms with E-state index in [4.69, 9.17) is 4.74 Å². The van der Waals surface area contributed by atoms with Gasteiger partial charge in [0, 0.05) is 0 Å². The number of esters is 1. The van der Waals surface area contributed by atoms with E-state index in [1.54, 1.807) is 0 Å². The number of carbonyl (C=O) groups excluding carboxylic acids is 1. The summed E-state index contributed by atoms with van der Waals surface area (Å²) in [6.45, 7) is 4.11. The molecule has 32 heavy (non-hydrogen) atoms. The van der Waals surface area contributed by atoms with Crippen molar-refractivity contribution in [1.82, 2.24) is 4.90 Å². The molecule has 1 aliphatic heterocycles. The third-order valence-corrected chi connectivity index (χ3v) is 6.35. The Bertz CT molecular complexity index is 969. The molecule has 1 saturated heterocycles. The quantitative estimate of drug-likeness (QED) is 0.371. The van der Waals surface area contributed by atoms with Crippen LogP contribution < -0.4 is 0 Å². The highest BCUT2D eigenvalue weighted by Gasteiger charge is 2.74. The highest BCUT2D eigenvalue weighted by molar-refractivity contribution is 5.88. The van der Waals surface area contributed by atoms with Crippen LogP contribution in [0.15, 0.2) is 91.0 Å². The van der Waals surface area contributed by atoms with E-state index >= 15 is 0 Å². The van der Waals surface area contributed by atoms with Gasteiger partial charge in [0.1, 0.15) is 0 Å². The first kappa shape index (κ1) is 22.3. The molecule has 1 fully saturated rings. The van der Waals surface area contributed by atoms with Gasteiger partial charge in [0.25, 0.3) is 0 Å². The van der Waals surface area contributed by atoms with Crippen LogP contribution in [0.2, 0.25) is 0 Å². The lowest BCUT2D eigenvalue weighted by Gasteiger charge is -2.27. The average molecular weight is 430 g/mol. The van der Waals surface area contributed by atoms with Crippen molar-refractivity contribution in [1.29, 1.82) is 0 Å². The molecule has 4 atom stereocenters. The summed E-state index contributed by atoms with van der Waals surface area (Å²) in [6.07, 6.45) is 0.459. The van der Waals surface area contributed by atoms with Crippen molar-refractivity contribution >= 4 is 5.97 Å². The van der Waals surface area contributed by atoms with Crippen molar-refractivity contribution in [3.63, 3.8) is 0 Å². The fourth-order valence-electron chi connectivity index (χ4n) is 4.97. The standard InChI is InChI=1S/C28H31NO3/c1-3-14-24(30)28(27(31)32-4-2)26(23-19-12-7-13-20-23)29(28)25(21-15-8-5-9-16-21)22-17-10-6-11-18-22/h5-13,15-20,24-26,30H,3-4,14H2,1-2H3/t24?,26-,28-,29?/m1/s1. The number of rotatable bonds is 9. The van der Waals surface area contributed by atoms with Crippen molar-refractivity contribution in [2.75, 3.05) is 6.61 Å². The molecule has 1 aliphatic rings. The molecule has 0 bridgehead atoms. The van der Waals surface area contributed by atoms with Gasteiger partial charge in [-0.15, -0.1) is 0 Å². The molecule has 0 aliphatic carbocycles. The smallest absolute Gasteiger partial charge is 0.331 e. The van der Waals surface area contributed by atoms with E-state index in [0.717, 1.165) is 23.1 Å². The third-order valence-electron chi connectivity index (χ3n) is 6.35. The molecule has 0 spiro atoms. The van der Waals surface area contributed by atoms with Gasteiger partial charge >= 0.3 is 5.97 Å². The summed E-state index contributed by atoms with van der Waals surface area (Å²) in [5, 5.41) is 11.4. The monoisotopic (exact) mass is 429 g/mol. The van der Waals surface area contributed by atoms with E-state index in [-0.39, 0.29) is 24.7 Å².